The van der Waals surface area contributed by atoms with Crippen molar-refractivity contribution in [2.24, 2.45) is 0 Å². The highest BCUT2D eigenvalue weighted by atomic mass is 16.1. The average molecular weight is 212 g/mol. The van der Waals surface area contributed by atoms with Gasteiger partial charge in [-0.15, -0.1) is 0 Å². The molecular formula is C13H12N2O. The molecule has 0 saturated carbocycles. The number of fused-ring (bicyclic) bond motifs is 1. The maximum Gasteiger partial charge on any atom is 0.155 e. The number of hydrogen-bond acceptors (Lipinski definition) is 2. The van der Waals surface area contributed by atoms with Crippen LogP contribution in [0.3, 0.4) is 0 Å². The van der Waals surface area contributed by atoms with Gasteiger partial charge in [0.25, 0.3) is 0 Å². The van der Waals surface area contributed by atoms with E-state index in [2.05, 4.69) is 22.3 Å². The molecule has 80 valence electrons. The van der Waals surface area contributed by atoms with Gasteiger partial charge in [-0.05, 0) is 36.1 Å². The van der Waals surface area contributed by atoms with Crippen molar-refractivity contribution >= 4 is 22.3 Å². The van der Waals surface area contributed by atoms with Crippen molar-refractivity contribution in [3.63, 3.8) is 0 Å². The van der Waals surface area contributed by atoms with Crippen LogP contribution >= 0.6 is 0 Å². The zero-order valence-corrected chi connectivity index (χ0v) is 8.86. The van der Waals surface area contributed by atoms with Crippen LogP contribution in [0.4, 0.5) is 0 Å². The topological polar surface area (TPSA) is 45.8 Å². The molecule has 0 bridgehead atoms. The molecule has 3 heteroatoms. The molecular weight excluding hydrogens is 200 g/mol. The largest absolute Gasteiger partial charge is 0.295 e. The molecule has 1 aliphatic carbocycles. The van der Waals surface area contributed by atoms with Crippen LogP contribution in [-0.2, 0) is 4.79 Å². The SMILES string of the molecule is O=C1C=C(c2ccc3cn[nH]c3c2)CCC1. The monoisotopic (exact) mass is 212 g/mol. The first-order valence-corrected chi connectivity index (χ1v) is 5.50. The summed E-state index contributed by atoms with van der Waals surface area (Å²) in [6, 6.07) is 6.16. The number of aromatic nitrogens is 2. The van der Waals surface area contributed by atoms with Gasteiger partial charge in [0.2, 0.25) is 0 Å². The van der Waals surface area contributed by atoms with E-state index in [9.17, 15) is 4.79 Å². The summed E-state index contributed by atoms with van der Waals surface area (Å²) in [7, 11) is 0. The Bertz CT molecular complexity index is 580. The number of hydrogen-bond donors (Lipinski definition) is 1. The zero-order chi connectivity index (χ0) is 11.0. The number of nitrogens with one attached hydrogen (secondary N) is 1. The lowest BCUT2D eigenvalue weighted by molar-refractivity contribution is -0.114. The number of benzene rings is 1. The fraction of sp³-hybridized carbons (Fsp3) is 0.231. The van der Waals surface area contributed by atoms with E-state index in [1.807, 2.05) is 6.07 Å². The molecule has 1 N–H and O–H groups in total. The molecule has 0 spiro atoms. The van der Waals surface area contributed by atoms with Gasteiger partial charge >= 0.3 is 0 Å². The Hall–Kier alpha value is -1.90. The lowest BCUT2D eigenvalue weighted by Gasteiger charge is -2.11. The van der Waals surface area contributed by atoms with Crippen LogP contribution in [0.25, 0.3) is 16.5 Å². The quantitative estimate of drug-likeness (QED) is 0.789. The molecule has 3 rings (SSSR count). The molecule has 0 amide bonds. The number of allylic oxidation sites excluding steroid dienone is 2. The van der Waals surface area contributed by atoms with E-state index in [0.717, 1.165) is 34.9 Å². The van der Waals surface area contributed by atoms with Crippen LogP contribution in [0, 0.1) is 0 Å². The third kappa shape index (κ3) is 1.54. The van der Waals surface area contributed by atoms with E-state index >= 15 is 0 Å². The average Bonchev–Trinajstić information content (AvgIpc) is 2.75. The molecule has 0 aliphatic heterocycles. The number of ketones is 1. The van der Waals surface area contributed by atoms with Crippen molar-refractivity contribution in [3.05, 3.63) is 36.0 Å². The summed E-state index contributed by atoms with van der Waals surface area (Å²) in [4.78, 5) is 11.4. The van der Waals surface area contributed by atoms with Gasteiger partial charge in [-0.1, -0.05) is 12.1 Å². The highest BCUT2D eigenvalue weighted by Crippen LogP contribution is 2.27. The van der Waals surface area contributed by atoms with Gasteiger partial charge in [0.1, 0.15) is 0 Å². The van der Waals surface area contributed by atoms with Gasteiger partial charge in [-0.25, -0.2) is 0 Å². The summed E-state index contributed by atoms with van der Waals surface area (Å²) in [5.74, 6) is 0.242. The number of carbonyl (C=O) groups is 1. The normalized spacial score (nSPS) is 16.5. The lowest BCUT2D eigenvalue weighted by atomic mass is 9.93. The van der Waals surface area contributed by atoms with Gasteiger partial charge in [-0.3, -0.25) is 9.89 Å². The Morgan fingerprint density at radius 3 is 3.06 bits per heavy atom. The first-order valence-electron chi connectivity index (χ1n) is 5.50. The third-order valence-electron chi connectivity index (χ3n) is 3.02. The number of nitrogens with zero attached hydrogens (tertiary/aromatic N) is 1. The van der Waals surface area contributed by atoms with Gasteiger partial charge in [0.15, 0.2) is 5.78 Å². The minimum absolute atomic E-state index is 0.242. The number of rotatable bonds is 1. The fourth-order valence-corrected chi connectivity index (χ4v) is 2.16. The third-order valence-corrected chi connectivity index (χ3v) is 3.02. The molecule has 1 aromatic carbocycles. The highest BCUT2D eigenvalue weighted by Gasteiger charge is 2.11. The standard InChI is InChI=1S/C13H12N2O/c16-12-3-1-2-9(6-12)10-4-5-11-8-14-15-13(11)7-10/h4-8H,1-3H2,(H,14,15). The maximum absolute atomic E-state index is 11.4. The van der Waals surface area contributed by atoms with Crippen molar-refractivity contribution in [2.75, 3.05) is 0 Å². The van der Waals surface area contributed by atoms with Crippen LogP contribution in [0.5, 0.6) is 0 Å². The van der Waals surface area contributed by atoms with Crippen LogP contribution in [0.1, 0.15) is 24.8 Å². The van der Waals surface area contributed by atoms with E-state index in [4.69, 9.17) is 0 Å². The molecule has 1 heterocycles. The van der Waals surface area contributed by atoms with Gasteiger partial charge in [0, 0.05) is 11.8 Å². The Balaban J connectivity index is 2.08. The number of carbonyl (C=O) groups excluding carboxylic acids is 1. The molecule has 1 aliphatic rings. The van der Waals surface area contributed by atoms with Crippen molar-refractivity contribution < 1.29 is 4.79 Å². The summed E-state index contributed by atoms with van der Waals surface area (Å²) >= 11 is 0. The van der Waals surface area contributed by atoms with Gasteiger partial charge in [-0.2, -0.15) is 5.10 Å². The number of aromatic amines is 1. The first kappa shape index (κ1) is 9.33. The van der Waals surface area contributed by atoms with Crippen molar-refractivity contribution in [1.29, 1.82) is 0 Å². The van der Waals surface area contributed by atoms with Crippen molar-refractivity contribution in [3.8, 4) is 0 Å². The van der Waals surface area contributed by atoms with Gasteiger partial charge in [0.05, 0.1) is 11.7 Å². The second-order valence-corrected chi connectivity index (χ2v) is 4.16. The summed E-state index contributed by atoms with van der Waals surface area (Å²) in [5, 5.41) is 8.04. The molecule has 16 heavy (non-hydrogen) atoms. The smallest absolute Gasteiger partial charge is 0.155 e. The van der Waals surface area contributed by atoms with Crippen LogP contribution in [0.2, 0.25) is 0 Å². The predicted octanol–water partition coefficient (Wildman–Crippen LogP) is 2.70. The molecule has 1 aromatic heterocycles. The minimum atomic E-state index is 0.242. The summed E-state index contributed by atoms with van der Waals surface area (Å²) < 4.78 is 0. The molecule has 0 fully saturated rings. The van der Waals surface area contributed by atoms with E-state index in [0.29, 0.717) is 6.42 Å². The number of H-pyrrole nitrogens is 1. The van der Waals surface area contributed by atoms with E-state index in [1.165, 1.54) is 0 Å². The Labute approximate surface area is 93.2 Å². The van der Waals surface area contributed by atoms with E-state index < -0.39 is 0 Å². The molecule has 2 aromatic rings. The Morgan fingerprint density at radius 2 is 2.19 bits per heavy atom. The minimum Gasteiger partial charge on any atom is -0.295 e. The fourth-order valence-electron chi connectivity index (χ4n) is 2.16. The van der Waals surface area contributed by atoms with Gasteiger partial charge < -0.3 is 0 Å². The first-order chi connectivity index (χ1) is 7.83. The van der Waals surface area contributed by atoms with Crippen molar-refractivity contribution in [2.45, 2.75) is 19.3 Å². The van der Waals surface area contributed by atoms with Crippen LogP contribution in [0.15, 0.2) is 30.5 Å². The zero-order valence-electron chi connectivity index (χ0n) is 8.86. The second kappa shape index (κ2) is 3.59. The highest BCUT2D eigenvalue weighted by molar-refractivity contribution is 5.99. The van der Waals surface area contributed by atoms with Crippen molar-refractivity contribution in [1.82, 2.24) is 10.2 Å². The van der Waals surface area contributed by atoms with Crippen LogP contribution < -0.4 is 0 Å². The molecule has 0 atom stereocenters. The van der Waals surface area contributed by atoms with Crippen LogP contribution in [-0.4, -0.2) is 16.0 Å². The summed E-state index contributed by atoms with van der Waals surface area (Å²) in [6.45, 7) is 0. The Kier molecular flexibility index (Phi) is 2.10. The van der Waals surface area contributed by atoms with E-state index in [-0.39, 0.29) is 5.78 Å². The lowest BCUT2D eigenvalue weighted by Crippen LogP contribution is -2.01. The molecule has 3 nitrogen and oxygen atoms in total. The molecule has 0 radical (unpaired) electrons. The maximum atomic E-state index is 11.4. The predicted molar refractivity (Wildman–Crippen MR) is 62.9 cm³/mol. The molecule has 0 unspecified atom stereocenters. The second-order valence-electron chi connectivity index (χ2n) is 4.16. The molecule has 0 saturated heterocycles. The summed E-state index contributed by atoms with van der Waals surface area (Å²) in [6.07, 6.45) is 6.23. The summed E-state index contributed by atoms with van der Waals surface area (Å²) in [5.41, 5.74) is 3.30. The Morgan fingerprint density at radius 1 is 1.25 bits per heavy atom. The van der Waals surface area contributed by atoms with E-state index in [1.54, 1.807) is 12.3 Å².